The van der Waals surface area contributed by atoms with Crippen molar-refractivity contribution in [2.75, 3.05) is 18.5 Å². The number of aromatic nitrogens is 2. The standard InChI is InChI=1S/C17H18FN3O3/c1-21-9-8-19-14(15(21)22)20-16(23)17(6-10-24-11-7-17)12-2-4-13(18)5-3-12/h2-5,8-9H,6-7,10-11H2,1H3,(H,19,20,23). The van der Waals surface area contributed by atoms with Crippen molar-refractivity contribution >= 4 is 11.7 Å². The molecule has 1 saturated heterocycles. The van der Waals surface area contributed by atoms with E-state index in [1.807, 2.05) is 0 Å². The van der Waals surface area contributed by atoms with E-state index >= 15 is 0 Å². The maximum absolute atomic E-state index is 13.2. The van der Waals surface area contributed by atoms with E-state index in [0.29, 0.717) is 31.6 Å². The van der Waals surface area contributed by atoms with Crippen LogP contribution in [-0.4, -0.2) is 28.7 Å². The molecule has 0 aliphatic carbocycles. The topological polar surface area (TPSA) is 73.2 Å². The molecule has 1 aromatic heterocycles. The molecule has 0 radical (unpaired) electrons. The average molecular weight is 331 g/mol. The SMILES string of the molecule is Cn1ccnc(NC(=O)C2(c3ccc(F)cc3)CCOCC2)c1=O. The van der Waals surface area contributed by atoms with Crippen LogP contribution in [0.25, 0.3) is 0 Å². The molecule has 1 fully saturated rings. The van der Waals surface area contributed by atoms with Crippen molar-refractivity contribution in [3.05, 3.63) is 58.4 Å². The summed E-state index contributed by atoms with van der Waals surface area (Å²) in [6, 6.07) is 5.88. The van der Waals surface area contributed by atoms with E-state index in [0.717, 1.165) is 0 Å². The van der Waals surface area contributed by atoms with E-state index in [9.17, 15) is 14.0 Å². The molecule has 0 spiro atoms. The molecule has 1 aliphatic heterocycles. The molecule has 1 aliphatic rings. The highest BCUT2D eigenvalue weighted by molar-refractivity contribution is 5.98. The highest BCUT2D eigenvalue weighted by Crippen LogP contribution is 2.36. The predicted molar refractivity (Wildman–Crippen MR) is 86.2 cm³/mol. The lowest BCUT2D eigenvalue weighted by atomic mass is 9.73. The van der Waals surface area contributed by atoms with Crippen LogP contribution >= 0.6 is 0 Å². The first-order chi connectivity index (χ1) is 11.5. The molecule has 1 N–H and O–H groups in total. The summed E-state index contributed by atoms with van der Waals surface area (Å²) in [5, 5.41) is 2.64. The summed E-state index contributed by atoms with van der Waals surface area (Å²) >= 11 is 0. The van der Waals surface area contributed by atoms with Crippen LogP contribution in [0.4, 0.5) is 10.2 Å². The first-order valence-corrected chi connectivity index (χ1v) is 7.70. The van der Waals surface area contributed by atoms with Crippen LogP contribution in [0.2, 0.25) is 0 Å². The Hall–Kier alpha value is -2.54. The predicted octanol–water partition coefficient (Wildman–Crippen LogP) is 1.61. The molecular formula is C17H18FN3O3. The monoisotopic (exact) mass is 331 g/mol. The van der Waals surface area contributed by atoms with E-state index in [4.69, 9.17) is 4.74 Å². The number of nitrogens with one attached hydrogen (secondary N) is 1. The minimum Gasteiger partial charge on any atom is -0.381 e. The van der Waals surface area contributed by atoms with Gasteiger partial charge < -0.3 is 14.6 Å². The molecule has 0 saturated carbocycles. The van der Waals surface area contributed by atoms with Crippen molar-refractivity contribution in [2.24, 2.45) is 7.05 Å². The van der Waals surface area contributed by atoms with Gasteiger partial charge in [0.25, 0.3) is 5.56 Å². The lowest BCUT2D eigenvalue weighted by molar-refractivity contribution is -0.125. The van der Waals surface area contributed by atoms with Crippen LogP contribution in [-0.2, 0) is 22.0 Å². The number of benzene rings is 1. The molecule has 7 heteroatoms. The minimum atomic E-state index is -0.867. The van der Waals surface area contributed by atoms with Gasteiger partial charge in [-0.05, 0) is 30.5 Å². The number of hydrogen-bond acceptors (Lipinski definition) is 4. The number of rotatable bonds is 3. The van der Waals surface area contributed by atoms with Crippen LogP contribution < -0.4 is 10.9 Å². The largest absolute Gasteiger partial charge is 0.381 e. The Morgan fingerprint density at radius 2 is 1.96 bits per heavy atom. The Labute approximate surface area is 138 Å². The lowest BCUT2D eigenvalue weighted by Crippen LogP contribution is -2.45. The first kappa shape index (κ1) is 16.3. The third-order valence-electron chi connectivity index (χ3n) is 4.43. The molecule has 1 amide bonds. The smallest absolute Gasteiger partial charge is 0.293 e. The summed E-state index contributed by atoms with van der Waals surface area (Å²) in [5.74, 6) is -0.703. The number of anilines is 1. The summed E-state index contributed by atoms with van der Waals surface area (Å²) < 4.78 is 20.0. The van der Waals surface area contributed by atoms with Gasteiger partial charge >= 0.3 is 0 Å². The summed E-state index contributed by atoms with van der Waals surface area (Å²) in [5.41, 5.74) is -0.543. The van der Waals surface area contributed by atoms with Gasteiger partial charge in [-0.15, -0.1) is 0 Å². The summed E-state index contributed by atoms with van der Waals surface area (Å²) in [4.78, 5) is 29.0. The van der Waals surface area contributed by atoms with Gasteiger partial charge in [0.05, 0.1) is 5.41 Å². The maximum Gasteiger partial charge on any atom is 0.293 e. The molecule has 0 bridgehead atoms. The molecule has 0 atom stereocenters. The maximum atomic E-state index is 13.2. The van der Waals surface area contributed by atoms with Gasteiger partial charge in [-0.1, -0.05) is 12.1 Å². The summed E-state index contributed by atoms with van der Waals surface area (Å²) in [6.07, 6.45) is 3.88. The molecular weight excluding hydrogens is 313 g/mol. The van der Waals surface area contributed by atoms with Crippen molar-refractivity contribution in [1.82, 2.24) is 9.55 Å². The van der Waals surface area contributed by atoms with Crippen LogP contribution in [0.3, 0.4) is 0 Å². The van der Waals surface area contributed by atoms with E-state index in [2.05, 4.69) is 10.3 Å². The van der Waals surface area contributed by atoms with Gasteiger partial charge in [0.15, 0.2) is 5.82 Å². The second kappa shape index (κ2) is 6.52. The lowest BCUT2D eigenvalue weighted by Gasteiger charge is -2.36. The van der Waals surface area contributed by atoms with Crippen molar-refractivity contribution in [3.8, 4) is 0 Å². The van der Waals surface area contributed by atoms with Gasteiger partial charge in [-0.25, -0.2) is 9.37 Å². The van der Waals surface area contributed by atoms with Gasteiger partial charge in [0, 0.05) is 32.7 Å². The summed E-state index contributed by atoms with van der Waals surface area (Å²) in [7, 11) is 1.59. The van der Waals surface area contributed by atoms with Gasteiger partial charge in [-0.2, -0.15) is 0 Å². The third-order valence-corrected chi connectivity index (χ3v) is 4.43. The highest BCUT2D eigenvalue weighted by atomic mass is 19.1. The second-order valence-corrected chi connectivity index (χ2v) is 5.85. The number of amides is 1. The van der Waals surface area contributed by atoms with Gasteiger partial charge in [0.2, 0.25) is 5.91 Å². The number of nitrogens with zero attached hydrogens (tertiary/aromatic N) is 2. The fraction of sp³-hybridized carbons (Fsp3) is 0.353. The Morgan fingerprint density at radius 3 is 2.62 bits per heavy atom. The molecule has 0 unspecified atom stereocenters. The van der Waals surface area contributed by atoms with Crippen LogP contribution in [0, 0.1) is 5.82 Å². The number of hydrogen-bond donors (Lipinski definition) is 1. The van der Waals surface area contributed by atoms with Crippen molar-refractivity contribution in [1.29, 1.82) is 0 Å². The van der Waals surface area contributed by atoms with E-state index in [-0.39, 0.29) is 23.1 Å². The Kier molecular flexibility index (Phi) is 4.44. The number of carbonyl (C=O) groups excluding carboxylic acids is 1. The number of halogens is 1. The van der Waals surface area contributed by atoms with E-state index < -0.39 is 5.41 Å². The molecule has 2 heterocycles. The van der Waals surface area contributed by atoms with Crippen molar-refractivity contribution < 1.29 is 13.9 Å². The quantitative estimate of drug-likeness (QED) is 0.927. The number of ether oxygens (including phenoxy) is 1. The molecule has 1 aromatic carbocycles. The van der Waals surface area contributed by atoms with Crippen LogP contribution in [0.5, 0.6) is 0 Å². The molecule has 24 heavy (non-hydrogen) atoms. The molecule has 6 nitrogen and oxygen atoms in total. The van der Waals surface area contributed by atoms with Crippen molar-refractivity contribution in [3.63, 3.8) is 0 Å². The minimum absolute atomic E-state index is 0.0158. The molecule has 2 aromatic rings. The Morgan fingerprint density at radius 1 is 1.29 bits per heavy atom. The fourth-order valence-corrected chi connectivity index (χ4v) is 2.95. The van der Waals surface area contributed by atoms with Crippen molar-refractivity contribution in [2.45, 2.75) is 18.3 Å². The zero-order valence-corrected chi connectivity index (χ0v) is 13.3. The van der Waals surface area contributed by atoms with Crippen LogP contribution in [0.15, 0.2) is 41.5 Å². The normalized spacial score (nSPS) is 16.6. The Balaban J connectivity index is 1.96. The van der Waals surface area contributed by atoms with Gasteiger partial charge in [-0.3, -0.25) is 9.59 Å². The first-order valence-electron chi connectivity index (χ1n) is 7.70. The second-order valence-electron chi connectivity index (χ2n) is 5.85. The van der Waals surface area contributed by atoms with E-state index in [1.54, 1.807) is 19.2 Å². The Bertz CT molecular complexity index is 795. The number of aryl methyl sites for hydroxylation is 1. The number of carbonyl (C=O) groups is 1. The summed E-state index contributed by atoms with van der Waals surface area (Å²) in [6.45, 7) is 0.843. The third kappa shape index (κ3) is 2.94. The average Bonchev–Trinajstić information content (AvgIpc) is 2.60. The fourth-order valence-electron chi connectivity index (χ4n) is 2.95. The zero-order chi connectivity index (χ0) is 17.2. The molecule has 3 rings (SSSR count). The van der Waals surface area contributed by atoms with Crippen LogP contribution in [0.1, 0.15) is 18.4 Å². The van der Waals surface area contributed by atoms with E-state index in [1.165, 1.54) is 29.1 Å². The van der Waals surface area contributed by atoms with Gasteiger partial charge in [0.1, 0.15) is 5.82 Å². The highest BCUT2D eigenvalue weighted by Gasteiger charge is 2.42. The zero-order valence-electron chi connectivity index (χ0n) is 13.3. The molecule has 126 valence electrons.